The molecule has 0 saturated heterocycles. The van der Waals surface area contributed by atoms with E-state index < -0.39 is 0 Å². The Bertz CT molecular complexity index is 1110. The van der Waals surface area contributed by atoms with E-state index in [1.54, 1.807) is 0 Å². The van der Waals surface area contributed by atoms with Crippen LogP contribution in [0, 0.1) is 6.92 Å². The monoisotopic (exact) mass is 358 g/mol. The number of aryl methyl sites for hydroxylation is 1. The lowest BCUT2D eigenvalue weighted by Crippen LogP contribution is -2.19. The van der Waals surface area contributed by atoms with Gasteiger partial charge in [0.25, 0.3) is 5.82 Å². The smallest absolute Gasteiger partial charge is 0.272 e. The molecule has 0 amide bonds. The van der Waals surface area contributed by atoms with Gasteiger partial charge in [0.2, 0.25) is 6.79 Å². The molecule has 5 heteroatoms. The van der Waals surface area contributed by atoms with E-state index in [0.717, 1.165) is 34.1 Å². The zero-order chi connectivity index (χ0) is 18.2. The van der Waals surface area contributed by atoms with Gasteiger partial charge in [0, 0.05) is 33.8 Å². The maximum atomic E-state index is 5.61. The average molecular weight is 358 g/mol. The third kappa shape index (κ3) is 2.77. The number of hydrogen-bond donors (Lipinski definition) is 2. The fraction of sp³-hybridized carbons (Fsp3) is 0.136. The summed E-state index contributed by atoms with van der Waals surface area (Å²) in [5.74, 6) is 2.53. The van der Waals surface area contributed by atoms with E-state index in [1.165, 1.54) is 10.9 Å². The van der Waals surface area contributed by atoms with Crippen molar-refractivity contribution < 1.29 is 14.5 Å². The Morgan fingerprint density at radius 2 is 1.85 bits per heavy atom. The molecule has 4 aromatic rings. The van der Waals surface area contributed by atoms with Crippen molar-refractivity contribution in [1.29, 1.82) is 0 Å². The number of pyridine rings is 1. The highest BCUT2D eigenvalue weighted by atomic mass is 16.7. The number of fused-ring (bicyclic) bond motifs is 2. The molecular weight excluding hydrogens is 338 g/mol. The zero-order valence-electron chi connectivity index (χ0n) is 15.0. The van der Waals surface area contributed by atoms with Crippen LogP contribution in [0.15, 0.2) is 66.9 Å². The fourth-order valence-corrected chi connectivity index (χ4v) is 3.72. The van der Waals surface area contributed by atoms with Gasteiger partial charge in [-0.25, -0.2) is 4.98 Å². The highest BCUT2D eigenvalue weighted by Crippen LogP contribution is 2.39. The summed E-state index contributed by atoms with van der Waals surface area (Å²) in [6, 6.07) is 20.5. The van der Waals surface area contributed by atoms with Gasteiger partial charge < -0.3 is 14.5 Å². The van der Waals surface area contributed by atoms with Gasteiger partial charge in [-0.2, -0.15) is 0 Å². The minimum atomic E-state index is -0.0469. The molecule has 2 aromatic carbocycles. The molecule has 0 saturated carbocycles. The van der Waals surface area contributed by atoms with Crippen molar-refractivity contribution in [2.45, 2.75) is 13.0 Å². The number of benzene rings is 2. The standard InChI is InChI=1S/C22H19N3O2/c1-14-21(16-6-2-3-7-17(16)24-14)22(25-20-8-4-5-11-23-20)15-9-10-18-19(12-15)27-13-26-18/h2-12,22,24H,13H2,1H3,(H,23,25)/p+1/t22-/m1/s1. The fourth-order valence-electron chi connectivity index (χ4n) is 3.72. The lowest BCUT2D eigenvalue weighted by Gasteiger charge is -2.16. The van der Waals surface area contributed by atoms with Gasteiger partial charge in [0.15, 0.2) is 11.5 Å². The summed E-state index contributed by atoms with van der Waals surface area (Å²) in [6.07, 6.45) is 1.92. The van der Waals surface area contributed by atoms with Crippen LogP contribution in [-0.4, -0.2) is 11.8 Å². The molecule has 0 unspecified atom stereocenters. The van der Waals surface area contributed by atoms with E-state index in [0.29, 0.717) is 0 Å². The topological polar surface area (TPSA) is 60.4 Å². The molecule has 27 heavy (non-hydrogen) atoms. The third-order valence-electron chi connectivity index (χ3n) is 4.97. The average Bonchev–Trinajstić information content (AvgIpc) is 3.30. The normalized spacial score (nSPS) is 13.7. The predicted molar refractivity (Wildman–Crippen MR) is 104 cm³/mol. The van der Waals surface area contributed by atoms with Crippen LogP contribution in [0.4, 0.5) is 5.82 Å². The van der Waals surface area contributed by atoms with E-state index >= 15 is 0 Å². The van der Waals surface area contributed by atoms with Crippen molar-refractivity contribution in [1.82, 2.24) is 4.98 Å². The number of aromatic amines is 2. The zero-order valence-corrected chi connectivity index (χ0v) is 15.0. The van der Waals surface area contributed by atoms with Crippen LogP contribution >= 0.6 is 0 Å². The summed E-state index contributed by atoms with van der Waals surface area (Å²) in [7, 11) is 0. The van der Waals surface area contributed by atoms with Crippen LogP contribution in [0.2, 0.25) is 0 Å². The second kappa shape index (κ2) is 6.36. The van der Waals surface area contributed by atoms with Gasteiger partial charge in [-0.3, -0.25) is 5.32 Å². The Morgan fingerprint density at radius 1 is 1.00 bits per heavy atom. The maximum Gasteiger partial charge on any atom is 0.272 e. The Hall–Kier alpha value is -3.47. The van der Waals surface area contributed by atoms with Crippen LogP contribution in [0.3, 0.4) is 0 Å². The number of aromatic nitrogens is 2. The highest BCUT2D eigenvalue weighted by Gasteiger charge is 2.27. The van der Waals surface area contributed by atoms with Crippen molar-refractivity contribution in [2.75, 3.05) is 12.1 Å². The van der Waals surface area contributed by atoms with Crippen LogP contribution in [0.1, 0.15) is 22.9 Å². The Balaban J connectivity index is 1.67. The summed E-state index contributed by atoms with van der Waals surface area (Å²) >= 11 is 0. The predicted octanol–water partition coefficient (Wildman–Crippen LogP) is 4.22. The molecule has 3 N–H and O–H groups in total. The molecule has 0 spiro atoms. The minimum Gasteiger partial charge on any atom is -0.454 e. The number of ether oxygens (including phenoxy) is 2. The number of rotatable bonds is 4. The summed E-state index contributed by atoms with van der Waals surface area (Å²) in [4.78, 5) is 6.78. The molecule has 0 bridgehead atoms. The number of para-hydroxylation sites is 1. The van der Waals surface area contributed by atoms with Crippen molar-refractivity contribution in [3.63, 3.8) is 0 Å². The first kappa shape index (κ1) is 15.8. The second-order valence-corrected chi connectivity index (χ2v) is 6.68. The molecule has 0 aliphatic carbocycles. The Labute approximate surface area is 157 Å². The first-order valence-electron chi connectivity index (χ1n) is 8.99. The lowest BCUT2D eigenvalue weighted by molar-refractivity contribution is -0.361. The number of anilines is 1. The molecule has 0 fully saturated rings. The number of hydrogen-bond acceptors (Lipinski definition) is 3. The molecule has 5 rings (SSSR count). The molecule has 1 aliphatic rings. The van der Waals surface area contributed by atoms with Crippen LogP contribution in [0.25, 0.3) is 10.9 Å². The molecule has 5 nitrogen and oxygen atoms in total. The molecular formula is C22H20N3O2+. The maximum absolute atomic E-state index is 5.61. The van der Waals surface area contributed by atoms with Gasteiger partial charge in [-0.05, 0) is 31.2 Å². The van der Waals surface area contributed by atoms with Crippen LogP contribution in [-0.2, 0) is 0 Å². The van der Waals surface area contributed by atoms with Crippen molar-refractivity contribution >= 4 is 16.7 Å². The van der Waals surface area contributed by atoms with Gasteiger partial charge >= 0.3 is 0 Å². The van der Waals surface area contributed by atoms with E-state index in [1.807, 2.05) is 30.5 Å². The second-order valence-electron chi connectivity index (χ2n) is 6.68. The van der Waals surface area contributed by atoms with E-state index in [2.05, 4.69) is 58.6 Å². The van der Waals surface area contributed by atoms with Gasteiger partial charge in [-0.15, -0.1) is 0 Å². The molecule has 0 radical (unpaired) electrons. The third-order valence-corrected chi connectivity index (χ3v) is 4.97. The van der Waals surface area contributed by atoms with E-state index in [4.69, 9.17) is 9.47 Å². The van der Waals surface area contributed by atoms with Gasteiger partial charge in [-0.1, -0.05) is 30.3 Å². The minimum absolute atomic E-state index is 0.0469. The molecule has 1 aliphatic heterocycles. The number of nitrogens with one attached hydrogen (secondary N) is 3. The largest absolute Gasteiger partial charge is 0.454 e. The Kier molecular flexibility index (Phi) is 3.71. The van der Waals surface area contributed by atoms with Crippen molar-refractivity contribution in [2.24, 2.45) is 0 Å². The van der Waals surface area contributed by atoms with E-state index in [-0.39, 0.29) is 12.8 Å². The quantitative estimate of drug-likeness (QED) is 0.574. The van der Waals surface area contributed by atoms with E-state index in [9.17, 15) is 0 Å². The van der Waals surface area contributed by atoms with Crippen molar-refractivity contribution in [3.05, 3.63) is 83.7 Å². The van der Waals surface area contributed by atoms with Crippen LogP contribution < -0.4 is 19.8 Å². The van der Waals surface area contributed by atoms with Gasteiger partial charge in [0.1, 0.15) is 6.04 Å². The first-order valence-corrected chi connectivity index (χ1v) is 8.99. The molecule has 1 atom stereocenters. The summed E-state index contributed by atoms with van der Waals surface area (Å²) in [5, 5.41) is 4.86. The van der Waals surface area contributed by atoms with Crippen LogP contribution in [0.5, 0.6) is 11.5 Å². The number of H-pyrrole nitrogens is 2. The summed E-state index contributed by atoms with van der Waals surface area (Å²) in [5.41, 5.74) is 4.61. The Morgan fingerprint density at radius 3 is 2.74 bits per heavy atom. The molecule has 3 heterocycles. The summed E-state index contributed by atoms with van der Waals surface area (Å²) in [6.45, 7) is 2.39. The molecule has 134 valence electrons. The first-order chi connectivity index (χ1) is 13.3. The lowest BCUT2D eigenvalue weighted by atomic mass is 9.95. The summed E-state index contributed by atoms with van der Waals surface area (Å²) < 4.78 is 11.1. The van der Waals surface area contributed by atoms with Gasteiger partial charge in [0.05, 0.1) is 6.20 Å². The van der Waals surface area contributed by atoms with Crippen molar-refractivity contribution in [3.8, 4) is 11.5 Å². The molecule has 2 aromatic heterocycles. The highest BCUT2D eigenvalue weighted by molar-refractivity contribution is 5.86. The SMILES string of the molecule is Cc1[nH]c2ccccc2c1[C@H](Nc1cccc[nH+]1)c1ccc2c(c1)OCO2.